The summed E-state index contributed by atoms with van der Waals surface area (Å²) in [6.07, 6.45) is 3.54. The zero-order valence-electron chi connectivity index (χ0n) is 10.3. The Morgan fingerprint density at radius 1 is 1.41 bits per heavy atom. The fraction of sp³-hybridized carbons (Fsp3) is 0.571. The molecular weight excluding hydrogens is 237 g/mol. The molecule has 0 bridgehead atoms. The molecule has 0 heterocycles. The summed E-state index contributed by atoms with van der Waals surface area (Å²) in [6, 6.07) is 6.22. The highest BCUT2D eigenvalue weighted by molar-refractivity contribution is 6.30. The van der Waals surface area contributed by atoms with Crippen LogP contribution in [0.4, 0.5) is 4.39 Å². The maximum atomic E-state index is 13.0. The number of hydrogen-bond donors (Lipinski definition) is 1. The Labute approximate surface area is 107 Å². The van der Waals surface area contributed by atoms with E-state index in [2.05, 4.69) is 19.2 Å². The maximum Gasteiger partial charge on any atom is 0.141 e. The summed E-state index contributed by atoms with van der Waals surface area (Å²) in [6.45, 7) is 4.44. The molecule has 1 fully saturated rings. The first-order chi connectivity index (χ1) is 8.06. The van der Waals surface area contributed by atoms with Crippen LogP contribution in [0.3, 0.4) is 0 Å². The molecule has 0 spiro atoms. The van der Waals surface area contributed by atoms with Gasteiger partial charge in [0.15, 0.2) is 0 Å². The first kappa shape index (κ1) is 12.8. The molecule has 2 unspecified atom stereocenters. The molecule has 0 aliphatic heterocycles. The second-order valence-electron chi connectivity index (χ2n) is 5.16. The van der Waals surface area contributed by atoms with E-state index in [0.717, 1.165) is 18.0 Å². The molecule has 2 rings (SSSR count). The average Bonchev–Trinajstić information content (AvgIpc) is 3.07. The monoisotopic (exact) mass is 255 g/mol. The van der Waals surface area contributed by atoms with Gasteiger partial charge in [0.25, 0.3) is 0 Å². The van der Waals surface area contributed by atoms with Crippen LogP contribution in [0.25, 0.3) is 0 Å². The summed E-state index contributed by atoms with van der Waals surface area (Å²) in [5, 5.41) is 3.81. The molecule has 1 saturated carbocycles. The fourth-order valence-corrected chi connectivity index (χ4v) is 2.20. The van der Waals surface area contributed by atoms with Gasteiger partial charge in [0.1, 0.15) is 5.82 Å². The summed E-state index contributed by atoms with van der Waals surface area (Å²) in [4.78, 5) is 0. The van der Waals surface area contributed by atoms with Crippen LogP contribution in [0, 0.1) is 11.7 Å². The Hall–Kier alpha value is -0.600. The first-order valence-corrected chi connectivity index (χ1v) is 6.64. The Bertz CT molecular complexity index is 390. The third-order valence-electron chi connectivity index (χ3n) is 3.47. The molecule has 0 amide bonds. The zero-order chi connectivity index (χ0) is 12.4. The molecule has 1 aliphatic rings. The van der Waals surface area contributed by atoms with E-state index in [9.17, 15) is 4.39 Å². The minimum atomic E-state index is -0.341. The Morgan fingerprint density at radius 3 is 2.71 bits per heavy atom. The molecule has 17 heavy (non-hydrogen) atoms. The molecule has 2 atom stereocenters. The van der Waals surface area contributed by atoms with Crippen LogP contribution in [0.1, 0.15) is 32.3 Å². The normalized spacial score (nSPS) is 19.1. The van der Waals surface area contributed by atoms with E-state index < -0.39 is 0 Å². The van der Waals surface area contributed by atoms with Crippen LogP contribution in [0.5, 0.6) is 0 Å². The number of halogens is 2. The molecule has 94 valence electrons. The van der Waals surface area contributed by atoms with Crippen molar-refractivity contribution in [3.63, 3.8) is 0 Å². The van der Waals surface area contributed by atoms with Crippen molar-refractivity contribution in [3.05, 3.63) is 34.6 Å². The van der Waals surface area contributed by atoms with Crippen LogP contribution in [0.2, 0.25) is 5.02 Å². The average molecular weight is 256 g/mol. The molecule has 1 aromatic rings. The molecule has 0 radical (unpaired) electrons. The van der Waals surface area contributed by atoms with Crippen LogP contribution in [-0.4, -0.2) is 12.1 Å². The molecule has 1 N–H and O–H groups in total. The summed E-state index contributed by atoms with van der Waals surface area (Å²) in [7, 11) is 0. The van der Waals surface area contributed by atoms with E-state index in [0.29, 0.717) is 12.0 Å². The van der Waals surface area contributed by atoms with Crippen molar-refractivity contribution in [3.8, 4) is 0 Å². The van der Waals surface area contributed by atoms with E-state index in [-0.39, 0.29) is 10.8 Å². The van der Waals surface area contributed by atoms with Gasteiger partial charge in [-0.25, -0.2) is 4.39 Å². The SMILES string of the molecule is CC(Cc1ccc(F)c(Cl)c1)C(C)NC1CC1. The second kappa shape index (κ2) is 5.36. The molecule has 3 heteroatoms. The standard InChI is InChI=1S/C14H19ClFN/c1-9(10(2)17-12-4-5-12)7-11-3-6-14(16)13(15)8-11/h3,6,8-10,12,17H,4-5,7H2,1-2H3. The molecular formula is C14H19ClFN. The van der Waals surface area contributed by atoms with Crippen LogP contribution >= 0.6 is 11.6 Å². The third kappa shape index (κ3) is 3.68. The van der Waals surface area contributed by atoms with Gasteiger partial charge in [0.05, 0.1) is 5.02 Å². The molecule has 0 aromatic heterocycles. The zero-order valence-corrected chi connectivity index (χ0v) is 11.1. The van der Waals surface area contributed by atoms with Crippen LogP contribution in [-0.2, 0) is 6.42 Å². The largest absolute Gasteiger partial charge is 0.311 e. The smallest absolute Gasteiger partial charge is 0.141 e. The van der Waals surface area contributed by atoms with Crippen molar-refractivity contribution in [1.82, 2.24) is 5.32 Å². The highest BCUT2D eigenvalue weighted by atomic mass is 35.5. The van der Waals surface area contributed by atoms with Crippen LogP contribution < -0.4 is 5.32 Å². The lowest BCUT2D eigenvalue weighted by Gasteiger charge is -2.21. The van der Waals surface area contributed by atoms with E-state index in [1.165, 1.54) is 18.9 Å². The van der Waals surface area contributed by atoms with Gasteiger partial charge in [-0.1, -0.05) is 24.6 Å². The topological polar surface area (TPSA) is 12.0 Å². The summed E-state index contributed by atoms with van der Waals surface area (Å²) < 4.78 is 13.0. The Kier molecular flexibility index (Phi) is 4.05. The summed E-state index contributed by atoms with van der Waals surface area (Å²) in [5.74, 6) is 0.185. The number of hydrogen-bond acceptors (Lipinski definition) is 1. The predicted molar refractivity (Wildman–Crippen MR) is 69.9 cm³/mol. The van der Waals surface area contributed by atoms with E-state index in [1.54, 1.807) is 6.07 Å². The van der Waals surface area contributed by atoms with Gasteiger partial charge in [-0.2, -0.15) is 0 Å². The minimum absolute atomic E-state index is 0.220. The molecule has 1 nitrogen and oxygen atoms in total. The maximum absolute atomic E-state index is 13.0. The van der Waals surface area contributed by atoms with Crippen molar-refractivity contribution in [2.45, 2.75) is 45.2 Å². The van der Waals surface area contributed by atoms with E-state index in [1.807, 2.05) is 6.07 Å². The van der Waals surface area contributed by atoms with Gasteiger partial charge in [0.2, 0.25) is 0 Å². The van der Waals surface area contributed by atoms with Crippen molar-refractivity contribution < 1.29 is 4.39 Å². The lowest BCUT2D eigenvalue weighted by Crippen LogP contribution is -2.34. The predicted octanol–water partition coefficient (Wildman–Crippen LogP) is 3.80. The number of benzene rings is 1. The lowest BCUT2D eigenvalue weighted by atomic mass is 9.95. The third-order valence-corrected chi connectivity index (χ3v) is 3.76. The van der Waals surface area contributed by atoms with Crippen LogP contribution in [0.15, 0.2) is 18.2 Å². The first-order valence-electron chi connectivity index (χ1n) is 6.26. The van der Waals surface area contributed by atoms with Gasteiger partial charge in [-0.15, -0.1) is 0 Å². The number of rotatable bonds is 5. The summed E-state index contributed by atoms with van der Waals surface area (Å²) >= 11 is 5.78. The molecule has 1 aromatic carbocycles. The fourth-order valence-electron chi connectivity index (χ4n) is 2.00. The highest BCUT2D eigenvalue weighted by Crippen LogP contribution is 2.23. The lowest BCUT2D eigenvalue weighted by molar-refractivity contribution is 0.395. The van der Waals surface area contributed by atoms with Gasteiger partial charge >= 0.3 is 0 Å². The Balaban J connectivity index is 1.91. The van der Waals surface area contributed by atoms with Gasteiger partial charge in [-0.3, -0.25) is 0 Å². The van der Waals surface area contributed by atoms with Crippen molar-refractivity contribution in [2.75, 3.05) is 0 Å². The summed E-state index contributed by atoms with van der Waals surface area (Å²) in [5.41, 5.74) is 1.10. The van der Waals surface area contributed by atoms with E-state index in [4.69, 9.17) is 11.6 Å². The van der Waals surface area contributed by atoms with Gasteiger partial charge in [-0.05, 0) is 49.8 Å². The Morgan fingerprint density at radius 2 is 2.12 bits per heavy atom. The molecule has 1 aliphatic carbocycles. The van der Waals surface area contributed by atoms with Crippen molar-refractivity contribution in [1.29, 1.82) is 0 Å². The van der Waals surface area contributed by atoms with Gasteiger partial charge < -0.3 is 5.32 Å². The molecule has 0 saturated heterocycles. The number of nitrogens with one attached hydrogen (secondary N) is 1. The minimum Gasteiger partial charge on any atom is -0.311 e. The highest BCUT2D eigenvalue weighted by Gasteiger charge is 2.25. The second-order valence-corrected chi connectivity index (χ2v) is 5.57. The van der Waals surface area contributed by atoms with E-state index >= 15 is 0 Å². The van der Waals surface area contributed by atoms with Crippen molar-refractivity contribution in [2.24, 2.45) is 5.92 Å². The quantitative estimate of drug-likeness (QED) is 0.844. The van der Waals surface area contributed by atoms with Crippen molar-refractivity contribution >= 4 is 11.6 Å². The van der Waals surface area contributed by atoms with Gasteiger partial charge in [0, 0.05) is 12.1 Å².